The predicted molar refractivity (Wildman–Crippen MR) is 61.5 cm³/mol. The fraction of sp³-hybridized carbons (Fsp3) is 0.182. The van der Waals surface area contributed by atoms with Gasteiger partial charge in [-0.25, -0.2) is 4.79 Å². The van der Waals surface area contributed by atoms with Crippen molar-refractivity contribution in [3.63, 3.8) is 0 Å². The van der Waals surface area contributed by atoms with E-state index < -0.39 is 17.7 Å². The van der Waals surface area contributed by atoms with Gasteiger partial charge in [0.1, 0.15) is 0 Å². The number of Topliss-reactive ketones (excluding diaryl/α,β-unsaturated/α-hetero) is 1. The van der Waals surface area contributed by atoms with Gasteiger partial charge in [-0.3, -0.25) is 9.59 Å². The van der Waals surface area contributed by atoms with Crippen molar-refractivity contribution in [3.05, 3.63) is 23.8 Å². The number of ether oxygens (including phenoxy) is 1. The molecule has 0 bridgehead atoms. The molecule has 0 saturated heterocycles. The second kappa shape index (κ2) is 5.11. The van der Waals surface area contributed by atoms with Crippen LogP contribution in [-0.4, -0.2) is 24.8 Å². The highest BCUT2D eigenvalue weighted by atomic mass is 16.5. The Hall–Kier alpha value is -2.37. The molecule has 0 atom stereocenters. The molecule has 6 nitrogen and oxygen atoms in total. The Morgan fingerprint density at radius 2 is 1.94 bits per heavy atom. The molecular formula is C11H12N2O4. The number of nitrogen functional groups attached to an aromatic ring is 1. The molecule has 1 rings (SSSR count). The van der Waals surface area contributed by atoms with Crippen LogP contribution in [0.25, 0.3) is 0 Å². The van der Waals surface area contributed by atoms with E-state index in [0.717, 1.165) is 6.92 Å². The van der Waals surface area contributed by atoms with Gasteiger partial charge in [-0.05, 0) is 18.2 Å². The van der Waals surface area contributed by atoms with E-state index in [4.69, 9.17) is 5.73 Å². The van der Waals surface area contributed by atoms with E-state index in [1.54, 1.807) is 0 Å². The number of esters is 1. The van der Waals surface area contributed by atoms with E-state index in [-0.39, 0.29) is 16.9 Å². The highest BCUT2D eigenvalue weighted by Gasteiger charge is 2.12. The minimum atomic E-state index is -0.762. The van der Waals surface area contributed by atoms with E-state index in [9.17, 15) is 14.4 Å². The number of nitrogens with one attached hydrogen (secondary N) is 1. The van der Waals surface area contributed by atoms with E-state index in [1.807, 2.05) is 0 Å². The molecule has 0 heterocycles. The van der Waals surface area contributed by atoms with Gasteiger partial charge < -0.3 is 15.8 Å². The smallest absolute Gasteiger partial charge is 0.337 e. The highest BCUT2D eigenvalue weighted by molar-refractivity contribution is 6.40. The maximum absolute atomic E-state index is 11.2. The quantitative estimate of drug-likeness (QED) is 0.454. The minimum Gasteiger partial charge on any atom is -0.465 e. The normalized spacial score (nSPS) is 9.53. The Balaban J connectivity index is 2.94. The SMILES string of the molecule is COC(=O)c1ccc(NC(=O)C(C)=O)c(N)c1. The van der Waals surface area contributed by atoms with Gasteiger partial charge in [-0.15, -0.1) is 0 Å². The molecule has 0 aliphatic carbocycles. The van der Waals surface area contributed by atoms with E-state index in [0.29, 0.717) is 0 Å². The van der Waals surface area contributed by atoms with E-state index in [1.165, 1.54) is 25.3 Å². The lowest BCUT2D eigenvalue weighted by Gasteiger charge is -2.07. The van der Waals surface area contributed by atoms with Crippen molar-refractivity contribution in [2.24, 2.45) is 0 Å². The number of hydrogen-bond donors (Lipinski definition) is 2. The zero-order chi connectivity index (χ0) is 13.0. The molecule has 0 radical (unpaired) electrons. The van der Waals surface area contributed by atoms with Crippen LogP contribution >= 0.6 is 0 Å². The molecule has 0 aromatic heterocycles. The van der Waals surface area contributed by atoms with Gasteiger partial charge in [-0.1, -0.05) is 0 Å². The number of anilines is 2. The highest BCUT2D eigenvalue weighted by Crippen LogP contribution is 2.20. The Labute approximate surface area is 97.7 Å². The number of rotatable bonds is 3. The summed E-state index contributed by atoms with van der Waals surface area (Å²) < 4.78 is 4.51. The first-order chi connectivity index (χ1) is 7.95. The third-order valence-electron chi connectivity index (χ3n) is 2.04. The van der Waals surface area contributed by atoms with Crippen LogP contribution in [0.5, 0.6) is 0 Å². The summed E-state index contributed by atoms with van der Waals surface area (Å²) in [5.41, 5.74) is 6.36. The first-order valence-electron chi connectivity index (χ1n) is 4.75. The third-order valence-corrected chi connectivity index (χ3v) is 2.04. The average Bonchev–Trinajstić information content (AvgIpc) is 2.30. The van der Waals surface area contributed by atoms with Crippen LogP contribution in [0.4, 0.5) is 11.4 Å². The maximum Gasteiger partial charge on any atom is 0.337 e. The van der Waals surface area contributed by atoms with Gasteiger partial charge in [0.2, 0.25) is 5.78 Å². The lowest BCUT2D eigenvalue weighted by Crippen LogP contribution is -2.20. The maximum atomic E-state index is 11.2. The molecular weight excluding hydrogens is 224 g/mol. The van der Waals surface area contributed by atoms with Crippen molar-refractivity contribution in [1.82, 2.24) is 0 Å². The van der Waals surface area contributed by atoms with Gasteiger partial charge >= 0.3 is 5.97 Å². The van der Waals surface area contributed by atoms with Gasteiger partial charge in [0, 0.05) is 6.92 Å². The summed E-state index contributed by atoms with van der Waals surface area (Å²) in [5, 5.41) is 2.33. The molecule has 0 aliphatic heterocycles. The molecule has 17 heavy (non-hydrogen) atoms. The number of nitrogens with two attached hydrogens (primary N) is 1. The fourth-order valence-electron chi connectivity index (χ4n) is 1.13. The average molecular weight is 236 g/mol. The van der Waals surface area contributed by atoms with Crippen molar-refractivity contribution in [1.29, 1.82) is 0 Å². The monoisotopic (exact) mass is 236 g/mol. The lowest BCUT2D eigenvalue weighted by molar-refractivity contribution is -0.133. The van der Waals surface area contributed by atoms with Crippen LogP contribution in [0.1, 0.15) is 17.3 Å². The van der Waals surface area contributed by atoms with Crippen molar-refractivity contribution in [2.45, 2.75) is 6.92 Å². The molecule has 0 spiro atoms. The molecule has 0 aliphatic rings. The number of carbonyl (C=O) groups excluding carboxylic acids is 3. The topological polar surface area (TPSA) is 98.5 Å². The van der Waals surface area contributed by atoms with Crippen LogP contribution in [0.2, 0.25) is 0 Å². The first-order valence-corrected chi connectivity index (χ1v) is 4.75. The molecule has 0 fully saturated rings. The summed E-state index contributed by atoms with van der Waals surface area (Å²) in [6.07, 6.45) is 0. The number of benzene rings is 1. The molecule has 90 valence electrons. The second-order valence-corrected chi connectivity index (χ2v) is 3.30. The number of methoxy groups -OCH3 is 1. The summed E-state index contributed by atoms with van der Waals surface area (Å²) in [6.45, 7) is 1.15. The summed E-state index contributed by atoms with van der Waals surface area (Å²) >= 11 is 0. The predicted octanol–water partition coefficient (Wildman–Crippen LogP) is 0.583. The zero-order valence-electron chi connectivity index (χ0n) is 9.44. The zero-order valence-corrected chi connectivity index (χ0v) is 9.44. The standard InChI is InChI=1S/C11H12N2O4/c1-6(14)10(15)13-9-4-3-7(5-8(9)12)11(16)17-2/h3-5H,12H2,1-2H3,(H,13,15). The van der Waals surface area contributed by atoms with Crippen LogP contribution < -0.4 is 11.1 Å². The largest absolute Gasteiger partial charge is 0.465 e. The van der Waals surface area contributed by atoms with Crippen LogP contribution in [0.15, 0.2) is 18.2 Å². The fourth-order valence-corrected chi connectivity index (χ4v) is 1.13. The summed E-state index contributed by atoms with van der Waals surface area (Å²) in [4.78, 5) is 33.1. The number of hydrogen-bond acceptors (Lipinski definition) is 5. The van der Waals surface area contributed by atoms with Crippen LogP contribution in [0.3, 0.4) is 0 Å². The molecule has 1 aromatic carbocycles. The Kier molecular flexibility index (Phi) is 3.82. The first kappa shape index (κ1) is 12.7. The van der Waals surface area contributed by atoms with E-state index in [2.05, 4.69) is 10.1 Å². The number of amides is 1. The number of ketones is 1. The molecule has 3 N–H and O–H groups in total. The van der Waals surface area contributed by atoms with Crippen LogP contribution in [0, 0.1) is 0 Å². The van der Waals surface area contributed by atoms with Gasteiger partial charge in [-0.2, -0.15) is 0 Å². The molecule has 0 saturated carbocycles. The van der Waals surface area contributed by atoms with Gasteiger partial charge in [0.05, 0.1) is 24.0 Å². The molecule has 1 aromatic rings. The van der Waals surface area contributed by atoms with Crippen LogP contribution in [-0.2, 0) is 14.3 Å². The van der Waals surface area contributed by atoms with E-state index >= 15 is 0 Å². The minimum absolute atomic E-state index is 0.183. The lowest BCUT2D eigenvalue weighted by atomic mass is 10.1. The Morgan fingerprint density at radius 3 is 2.41 bits per heavy atom. The summed E-state index contributed by atoms with van der Waals surface area (Å²) in [5.74, 6) is -1.91. The molecule has 1 amide bonds. The van der Waals surface area contributed by atoms with Gasteiger partial charge in [0.25, 0.3) is 5.91 Å². The third kappa shape index (κ3) is 3.04. The van der Waals surface area contributed by atoms with Crippen molar-refractivity contribution in [2.75, 3.05) is 18.2 Å². The molecule has 6 heteroatoms. The van der Waals surface area contributed by atoms with Crippen molar-refractivity contribution in [3.8, 4) is 0 Å². The molecule has 0 unspecified atom stereocenters. The number of carbonyl (C=O) groups is 3. The van der Waals surface area contributed by atoms with Gasteiger partial charge in [0.15, 0.2) is 0 Å². The summed E-state index contributed by atoms with van der Waals surface area (Å²) in [6, 6.07) is 4.24. The Morgan fingerprint density at radius 1 is 1.29 bits per heavy atom. The second-order valence-electron chi connectivity index (χ2n) is 3.30. The van der Waals surface area contributed by atoms with Crippen molar-refractivity contribution >= 4 is 29.0 Å². The Bertz CT molecular complexity index is 482. The van der Waals surface area contributed by atoms with Crippen molar-refractivity contribution < 1.29 is 19.1 Å². The summed E-state index contributed by atoms with van der Waals surface area (Å²) in [7, 11) is 1.25.